The highest BCUT2D eigenvalue weighted by molar-refractivity contribution is 5.86. The van der Waals surface area contributed by atoms with Crippen LogP contribution in [-0.4, -0.2) is 41.8 Å². The van der Waals surface area contributed by atoms with Crippen LogP contribution in [0.5, 0.6) is 0 Å². The van der Waals surface area contributed by atoms with Crippen LogP contribution in [0.4, 0.5) is 4.79 Å². The topological polar surface area (TPSA) is 105 Å². The normalized spacial score (nSPS) is 17.6. The molecule has 0 saturated heterocycles. The van der Waals surface area contributed by atoms with Crippen LogP contribution in [0, 0.1) is 11.8 Å². The maximum atomic E-state index is 13.0. The molecule has 0 bridgehead atoms. The maximum absolute atomic E-state index is 13.0. The first-order valence-electron chi connectivity index (χ1n) is 12.1. The number of fused-ring (bicyclic) bond motifs is 3. The molecule has 0 aliphatic heterocycles. The van der Waals surface area contributed by atoms with Gasteiger partial charge in [-0.2, -0.15) is 0 Å². The average Bonchev–Trinajstić information content (AvgIpc) is 3.76. The number of carboxylic acids is 1. The molecule has 3 aliphatic rings. The average molecular weight is 463 g/mol. The zero-order valence-electron chi connectivity index (χ0n) is 19.0. The second-order valence-corrected chi connectivity index (χ2v) is 9.66. The van der Waals surface area contributed by atoms with E-state index in [1.165, 1.54) is 0 Å². The quantitative estimate of drug-likeness (QED) is 0.494. The third-order valence-electron chi connectivity index (χ3n) is 7.17. The fourth-order valence-corrected chi connectivity index (χ4v) is 5.12. The molecule has 0 aromatic heterocycles. The Morgan fingerprint density at radius 3 is 1.97 bits per heavy atom. The molecule has 3 N–H and O–H groups in total. The van der Waals surface area contributed by atoms with Crippen molar-refractivity contribution >= 4 is 18.0 Å². The minimum atomic E-state index is -1.01. The second-order valence-electron chi connectivity index (χ2n) is 9.66. The summed E-state index contributed by atoms with van der Waals surface area (Å²) in [5.74, 6) is -0.401. The molecule has 7 heteroatoms. The molecule has 1 unspecified atom stereocenters. The largest absolute Gasteiger partial charge is 0.481 e. The number of nitrogens with one attached hydrogen (secondary N) is 2. The fraction of sp³-hybridized carbons (Fsp3) is 0.444. The van der Waals surface area contributed by atoms with E-state index < -0.39 is 18.1 Å². The van der Waals surface area contributed by atoms with Gasteiger partial charge in [0.2, 0.25) is 5.91 Å². The number of hydrogen-bond donors (Lipinski definition) is 3. The minimum Gasteiger partial charge on any atom is -0.481 e. The molecule has 5 rings (SSSR count). The SMILES string of the molecule is O=C(O)CCC(NC(=O)OCC1c2ccccc2-c2ccccc21)C(=O)NC(C1CC1)C1CC1. The Bertz CT molecular complexity index is 1030. The molecule has 2 aromatic rings. The number of rotatable bonds is 10. The van der Waals surface area contributed by atoms with E-state index in [0.29, 0.717) is 11.8 Å². The zero-order valence-corrected chi connectivity index (χ0v) is 19.0. The van der Waals surface area contributed by atoms with Crippen LogP contribution in [-0.2, 0) is 14.3 Å². The molecule has 2 fully saturated rings. The van der Waals surface area contributed by atoms with Gasteiger partial charge in [0.1, 0.15) is 12.6 Å². The molecule has 7 nitrogen and oxygen atoms in total. The standard InChI is InChI=1S/C27H30N2O5/c30-24(31)14-13-23(26(32)29-25(16-9-10-16)17-11-12-17)28-27(33)34-15-22-20-7-3-1-5-18(20)19-6-2-4-8-21(19)22/h1-8,16-17,22-23,25H,9-15H2,(H,28,33)(H,29,32)(H,30,31). The molecular formula is C27H30N2O5. The smallest absolute Gasteiger partial charge is 0.407 e. The number of benzene rings is 2. The van der Waals surface area contributed by atoms with E-state index in [1.54, 1.807) is 0 Å². The molecule has 34 heavy (non-hydrogen) atoms. The first-order valence-corrected chi connectivity index (χ1v) is 12.1. The Balaban J connectivity index is 1.23. The summed E-state index contributed by atoms with van der Waals surface area (Å²) < 4.78 is 5.57. The number of amides is 2. The summed E-state index contributed by atoms with van der Waals surface area (Å²) in [6.07, 6.45) is 3.55. The van der Waals surface area contributed by atoms with E-state index in [0.717, 1.165) is 47.9 Å². The van der Waals surface area contributed by atoms with Crippen molar-refractivity contribution in [2.45, 2.75) is 56.5 Å². The van der Waals surface area contributed by atoms with Gasteiger partial charge in [0.25, 0.3) is 0 Å². The van der Waals surface area contributed by atoms with E-state index in [4.69, 9.17) is 9.84 Å². The van der Waals surface area contributed by atoms with Gasteiger partial charge in [0.15, 0.2) is 0 Å². The lowest BCUT2D eigenvalue weighted by Gasteiger charge is -2.23. The van der Waals surface area contributed by atoms with Gasteiger partial charge in [-0.05, 0) is 66.2 Å². The predicted octanol–water partition coefficient (Wildman–Crippen LogP) is 4.06. The zero-order chi connectivity index (χ0) is 23.7. The predicted molar refractivity (Wildman–Crippen MR) is 126 cm³/mol. The third-order valence-corrected chi connectivity index (χ3v) is 7.17. The first-order chi connectivity index (χ1) is 16.5. The van der Waals surface area contributed by atoms with Crippen LogP contribution in [0.25, 0.3) is 11.1 Å². The first kappa shape index (κ1) is 22.4. The molecule has 0 heterocycles. The van der Waals surface area contributed by atoms with Gasteiger partial charge >= 0.3 is 12.1 Å². The van der Waals surface area contributed by atoms with Crippen LogP contribution in [0.15, 0.2) is 48.5 Å². The van der Waals surface area contributed by atoms with E-state index in [9.17, 15) is 14.4 Å². The maximum Gasteiger partial charge on any atom is 0.407 e. The van der Waals surface area contributed by atoms with Crippen molar-refractivity contribution in [3.05, 3.63) is 59.7 Å². The molecule has 0 radical (unpaired) electrons. The number of aliphatic carboxylic acids is 1. The number of hydrogen-bond acceptors (Lipinski definition) is 4. The highest BCUT2D eigenvalue weighted by atomic mass is 16.5. The van der Waals surface area contributed by atoms with Gasteiger partial charge in [0.05, 0.1) is 0 Å². The van der Waals surface area contributed by atoms with Gasteiger partial charge in [-0.1, -0.05) is 48.5 Å². The molecule has 2 amide bonds. The molecule has 2 aromatic carbocycles. The summed E-state index contributed by atoms with van der Waals surface area (Å²) in [7, 11) is 0. The lowest BCUT2D eigenvalue weighted by atomic mass is 9.98. The van der Waals surface area contributed by atoms with Gasteiger partial charge < -0.3 is 20.5 Å². The summed E-state index contributed by atoms with van der Waals surface area (Å²) in [5.41, 5.74) is 4.48. The van der Waals surface area contributed by atoms with E-state index in [1.807, 2.05) is 36.4 Å². The summed E-state index contributed by atoms with van der Waals surface area (Å²) in [5, 5.41) is 14.8. The Morgan fingerprint density at radius 1 is 0.882 bits per heavy atom. The van der Waals surface area contributed by atoms with Crippen LogP contribution < -0.4 is 10.6 Å². The van der Waals surface area contributed by atoms with Crippen molar-refractivity contribution in [2.75, 3.05) is 6.61 Å². The number of alkyl carbamates (subject to hydrolysis) is 1. The molecule has 2 saturated carbocycles. The number of carboxylic acid groups (broad SMARTS) is 1. The minimum absolute atomic E-state index is 0.0212. The molecule has 3 aliphatic carbocycles. The van der Waals surface area contributed by atoms with Crippen LogP contribution in [0.3, 0.4) is 0 Å². The third kappa shape index (κ3) is 4.93. The van der Waals surface area contributed by atoms with Crippen molar-refractivity contribution in [3.8, 4) is 11.1 Å². The highest BCUT2D eigenvalue weighted by Gasteiger charge is 2.43. The highest BCUT2D eigenvalue weighted by Crippen LogP contribution is 2.45. The van der Waals surface area contributed by atoms with Crippen molar-refractivity contribution in [3.63, 3.8) is 0 Å². The van der Waals surface area contributed by atoms with Gasteiger partial charge in [0, 0.05) is 18.4 Å². The van der Waals surface area contributed by atoms with Gasteiger partial charge in [-0.15, -0.1) is 0 Å². The Kier molecular flexibility index (Phi) is 6.26. The van der Waals surface area contributed by atoms with Crippen molar-refractivity contribution in [1.82, 2.24) is 10.6 Å². The Morgan fingerprint density at radius 2 is 1.44 bits per heavy atom. The lowest BCUT2D eigenvalue weighted by molar-refractivity contribution is -0.137. The van der Waals surface area contributed by atoms with Gasteiger partial charge in [-0.25, -0.2) is 4.79 Å². The summed E-state index contributed by atoms with van der Waals surface area (Å²) >= 11 is 0. The molecule has 178 valence electrons. The Hall–Kier alpha value is -3.35. The van der Waals surface area contributed by atoms with Crippen molar-refractivity contribution in [2.24, 2.45) is 11.8 Å². The van der Waals surface area contributed by atoms with Crippen LogP contribution in [0.1, 0.15) is 55.6 Å². The lowest BCUT2D eigenvalue weighted by Crippen LogP contribution is -2.51. The summed E-state index contributed by atoms with van der Waals surface area (Å²) in [6.45, 7) is 0.139. The Labute approximate surface area is 198 Å². The number of ether oxygens (including phenoxy) is 1. The van der Waals surface area contributed by atoms with Crippen molar-refractivity contribution in [1.29, 1.82) is 0 Å². The monoisotopic (exact) mass is 462 g/mol. The molecule has 0 spiro atoms. The van der Waals surface area contributed by atoms with E-state index in [-0.39, 0.29) is 37.3 Å². The van der Waals surface area contributed by atoms with Crippen LogP contribution in [0.2, 0.25) is 0 Å². The van der Waals surface area contributed by atoms with E-state index >= 15 is 0 Å². The molecule has 1 atom stereocenters. The second kappa shape index (κ2) is 9.49. The summed E-state index contributed by atoms with van der Waals surface area (Å²) in [6, 6.07) is 15.3. The number of carbonyl (C=O) groups excluding carboxylic acids is 2. The van der Waals surface area contributed by atoms with Crippen LogP contribution >= 0.6 is 0 Å². The van der Waals surface area contributed by atoms with E-state index in [2.05, 4.69) is 22.8 Å². The molecular weight excluding hydrogens is 432 g/mol. The number of carbonyl (C=O) groups is 3. The van der Waals surface area contributed by atoms with Crippen molar-refractivity contribution < 1.29 is 24.2 Å². The fourth-order valence-electron chi connectivity index (χ4n) is 5.12. The summed E-state index contributed by atoms with van der Waals surface area (Å²) in [4.78, 5) is 36.8. The van der Waals surface area contributed by atoms with Gasteiger partial charge in [-0.3, -0.25) is 9.59 Å².